The maximum Gasteiger partial charge on any atom is 0.410 e. The summed E-state index contributed by atoms with van der Waals surface area (Å²) in [6.07, 6.45) is 3.68. The van der Waals surface area contributed by atoms with Crippen LogP contribution in [-0.4, -0.2) is 46.4 Å². The largest absolute Gasteiger partial charge is 0.444 e. The molecule has 1 aromatic rings. The lowest BCUT2D eigenvalue weighted by Gasteiger charge is -2.41. The minimum Gasteiger partial charge on any atom is -0.444 e. The quantitative estimate of drug-likeness (QED) is 0.893. The van der Waals surface area contributed by atoms with Gasteiger partial charge in [-0.25, -0.2) is 4.79 Å². The van der Waals surface area contributed by atoms with Crippen LogP contribution in [0.5, 0.6) is 0 Å². The average Bonchev–Trinajstić information content (AvgIpc) is 2.97. The monoisotopic (exact) mass is 322 g/mol. The minimum absolute atomic E-state index is 0.0590. The molecule has 2 unspecified atom stereocenters. The first-order valence-corrected chi connectivity index (χ1v) is 8.39. The van der Waals surface area contributed by atoms with E-state index in [1.165, 1.54) is 0 Å². The van der Waals surface area contributed by atoms with Crippen molar-refractivity contribution in [3.05, 3.63) is 18.0 Å². The van der Waals surface area contributed by atoms with Gasteiger partial charge in [0, 0.05) is 31.9 Å². The summed E-state index contributed by atoms with van der Waals surface area (Å²) < 4.78 is 5.51. The smallest absolute Gasteiger partial charge is 0.410 e. The fraction of sp³-hybridized carbons (Fsp3) is 0.765. The van der Waals surface area contributed by atoms with Gasteiger partial charge in [0.1, 0.15) is 5.60 Å². The summed E-state index contributed by atoms with van der Waals surface area (Å²) in [6.45, 7) is 12.4. The summed E-state index contributed by atoms with van der Waals surface area (Å²) in [7, 11) is 0. The van der Waals surface area contributed by atoms with Gasteiger partial charge in [-0.15, -0.1) is 0 Å². The molecule has 2 atom stereocenters. The minimum atomic E-state index is -0.446. The molecule has 130 valence electrons. The van der Waals surface area contributed by atoms with Crippen LogP contribution in [0.4, 0.5) is 4.79 Å². The number of hydrogen-bond donors (Lipinski definition) is 2. The Balaban J connectivity index is 1.89. The van der Waals surface area contributed by atoms with Gasteiger partial charge in [0.2, 0.25) is 0 Å². The van der Waals surface area contributed by atoms with Crippen LogP contribution >= 0.6 is 0 Å². The van der Waals surface area contributed by atoms with Crippen molar-refractivity contribution >= 4 is 6.09 Å². The number of aromatic amines is 1. The van der Waals surface area contributed by atoms with E-state index in [-0.39, 0.29) is 17.6 Å². The molecular weight excluding hydrogens is 292 g/mol. The second-order valence-electron chi connectivity index (χ2n) is 7.93. The summed E-state index contributed by atoms with van der Waals surface area (Å²) in [6, 6.07) is 2.19. The number of piperidine rings is 1. The average molecular weight is 322 g/mol. The predicted octanol–water partition coefficient (Wildman–Crippen LogP) is 3.10. The normalized spacial score (nSPS) is 23.6. The van der Waals surface area contributed by atoms with E-state index in [0.717, 1.165) is 38.2 Å². The van der Waals surface area contributed by atoms with E-state index in [0.29, 0.717) is 0 Å². The zero-order valence-corrected chi connectivity index (χ0v) is 15.0. The molecule has 6 heteroatoms. The topological polar surface area (TPSA) is 70.2 Å². The number of amides is 1. The number of ether oxygens (including phenoxy) is 1. The number of carbonyl (C=O) groups is 1. The summed E-state index contributed by atoms with van der Waals surface area (Å²) >= 11 is 0. The first kappa shape index (κ1) is 17.8. The van der Waals surface area contributed by atoms with E-state index in [4.69, 9.17) is 4.74 Å². The Morgan fingerprint density at radius 2 is 2.30 bits per heavy atom. The molecule has 2 heterocycles. The van der Waals surface area contributed by atoms with Crippen LogP contribution in [0.1, 0.15) is 59.2 Å². The number of rotatable bonds is 4. The highest BCUT2D eigenvalue weighted by Crippen LogP contribution is 2.30. The van der Waals surface area contributed by atoms with Gasteiger partial charge in [-0.1, -0.05) is 6.92 Å². The third kappa shape index (κ3) is 5.23. The predicted molar refractivity (Wildman–Crippen MR) is 90.2 cm³/mol. The summed E-state index contributed by atoms with van der Waals surface area (Å²) in [5.41, 5.74) is 0.690. The van der Waals surface area contributed by atoms with Crippen molar-refractivity contribution in [3.63, 3.8) is 0 Å². The Hall–Kier alpha value is -1.56. The number of nitrogens with one attached hydrogen (secondary N) is 2. The lowest BCUT2D eigenvalue weighted by molar-refractivity contribution is 0.00651. The van der Waals surface area contributed by atoms with Crippen molar-refractivity contribution < 1.29 is 9.53 Å². The van der Waals surface area contributed by atoms with Crippen molar-refractivity contribution in [1.82, 2.24) is 20.4 Å². The van der Waals surface area contributed by atoms with Crippen molar-refractivity contribution in [2.24, 2.45) is 5.41 Å². The standard InChI is InChI=1S/C17H30N4O2/c1-13(14-7-9-19-20-14)18-11-17(5)8-6-10-21(12-17)15(22)23-16(2,3)4/h7,9,13,18H,6,8,10-12H2,1-5H3,(H,19,20). The number of H-pyrrole nitrogens is 1. The van der Waals surface area contributed by atoms with E-state index in [1.54, 1.807) is 6.20 Å². The van der Waals surface area contributed by atoms with Gasteiger partial charge in [0.15, 0.2) is 0 Å². The van der Waals surface area contributed by atoms with Crippen LogP contribution in [0.15, 0.2) is 12.3 Å². The van der Waals surface area contributed by atoms with Gasteiger partial charge in [-0.2, -0.15) is 5.10 Å². The molecule has 0 aliphatic carbocycles. The molecule has 0 radical (unpaired) electrons. The Morgan fingerprint density at radius 3 is 2.91 bits per heavy atom. The molecule has 1 fully saturated rings. The van der Waals surface area contributed by atoms with Gasteiger partial charge in [-0.05, 0) is 52.0 Å². The van der Waals surface area contributed by atoms with Crippen molar-refractivity contribution in [3.8, 4) is 0 Å². The Kier molecular flexibility index (Phi) is 5.34. The summed E-state index contributed by atoms with van der Waals surface area (Å²) in [5.74, 6) is 0. The molecule has 1 amide bonds. The molecule has 1 aliphatic rings. The van der Waals surface area contributed by atoms with E-state index in [9.17, 15) is 4.79 Å². The van der Waals surface area contributed by atoms with Gasteiger partial charge < -0.3 is 15.0 Å². The summed E-state index contributed by atoms with van der Waals surface area (Å²) in [5, 5.41) is 10.5. The molecule has 23 heavy (non-hydrogen) atoms. The van der Waals surface area contributed by atoms with E-state index in [1.807, 2.05) is 31.7 Å². The molecular formula is C17H30N4O2. The Bertz CT molecular complexity index is 509. The van der Waals surface area contributed by atoms with Gasteiger partial charge in [0.25, 0.3) is 0 Å². The lowest BCUT2D eigenvalue weighted by Crippen LogP contribution is -2.50. The third-order valence-electron chi connectivity index (χ3n) is 4.26. The summed E-state index contributed by atoms with van der Waals surface area (Å²) in [4.78, 5) is 14.1. The fourth-order valence-electron chi connectivity index (χ4n) is 2.96. The third-order valence-corrected chi connectivity index (χ3v) is 4.26. The van der Waals surface area contributed by atoms with Crippen LogP contribution in [0.3, 0.4) is 0 Å². The van der Waals surface area contributed by atoms with Crippen molar-refractivity contribution in [2.45, 2.75) is 59.1 Å². The molecule has 0 saturated carbocycles. The first-order chi connectivity index (χ1) is 10.7. The number of aromatic nitrogens is 2. The zero-order valence-electron chi connectivity index (χ0n) is 15.0. The molecule has 1 aromatic heterocycles. The first-order valence-electron chi connectivity index (χ1n) is 8.39. The molecule has 1 aliphatic heterocycles. The second-order valence-corrected chi connectivity index (χ2v) is 7.93. The van der Waals surface area contributed by atoms with Crippen molar-refractivity contribution in [2.75, 3.05) is 19.6 Å². The SMILES string of the molecule is CC(NCC1(C)CCCN(C(=O)OC(C)(C)C)C1)c1ccn[nH]1. The Labute approximate surface area is 139 Å². The molecule has 0 bridgehead atoms. The fourth-order valence-corrected chi connectivity index (χ4v) is 2.96. The van der Waals surface area contributed by atoms with Crippen LogP contribution in [0, 0.1) is 5.41 Å². The number of carbonyl (C=O) groups excluding carboxylic acids is 1. The highest BCUT2D eigenvalue weighted by Gasteiger charge is 2.35. The molecule has 2 N–H and O–H groups in total. The molecule has 6 nitrogen and oxygen atoms in total. The van der Waals surface area contributed by atoms with Crippen molar-refractivity contribution in [1.29, 1.82) is 0 Å². The molecule has 0 spiro atoms. The number of nitrogens with zero attached hydrogens (tertiary/aromatic N) is 2. The maximum absolute atomic E-state index is 12.3. The van der Waals surface area contributed by atoms with Gasteiger partial charge >= 0.3 is 6.09 Å². The van der Waals surface area contributed by atoms with E-state index >= 15 is 0 Å². The lowest BCUT2D eigenvalue weighted by atomic mass is 9.81. The van der Waals surface area contributed by atoms with E-state index in [2.05, 4.69) is 29.4 Å². The number of hydrogen-bond acceptors (Lipinski definition) is 4. The van der Waals surface area contributed by atoms with Gasteiger partial charge in [-0.3, -0.25) is 5.10 Å². The van der Waals surface area contributed by atoms with Crippen LogP contribution in [0.2, 0.25) is 0 Å². The molecule has 0 aromatic carbocycles. The second kappa shape index (κ2) is 6.91. The van der Waals surface area contributed by atoms with E-state index < -0.39 is 5.60 Å². The van der Waals surface area contributed by atoms with Crippen LogP contribution < -0.4 is 5.32 Å². The molecule has 1 saturated heterocycles. The van der Waals surface area contributed by atoms with Crippen LogP contribution in [0.25, 0.3) is 0 Å². The van der Waals surface area contributed by atoms with Gasteiger partial charge in [0.05, 0.1) is 5.69 Å². The van der Waals surface area contributed by atoms with Crippen LogP contribution in [-0.2, 0) is 4.74 Å². The Morgan fingerprint density at radius 1 is 1.57 bits per heavy atom. The highest BCUT2D eigenvalue weighted by atomic mass is 16.6. The molecule has 2 rings (SSSR count). The number of likely N-dealkylation sites (tertiary alicyclic amines) is 1. The zero-order chi connectivity index (χ0) is 17.1. The highest BCUT2D eigenvalue weighted by molar-refractivity contribution is 5.68. The maximum atomic E-state index is 12.3.